The van der Waals surface area contributed by atoms with Gasteiger partial charge in [-0.1, -0.05) is 18.2 Å². The van der Waals surface area contributed by atoms with E-state index >= 15 is 13.2 Å². The molecule has 3 amide bonds. The van der Waals surface area contributed by atoms with Crippen molar-refractivity contribution in [1.82, 2.24) is 15.1 Å². The van der Waals surface area contributed by atoms with Gasteiger partial charge in [-0.2, -0.15) is 0 Å². The number of aryl methyl sites for hydroxylation is 1. The first-order valence-corrected chi connectivity index (χ1v) is 20.6. The van der Waals surface area contributed by atoms with Crippen molar-refractivity contribution in [1.29, 1.82) is 0 Å². The Kier molecular flexibility index (Phi) is 10.1. The third-order valence-corrected chi connectivity index (χ3v) is 13.3. The molecule has 1 aliphatic carbocycles. The summed E-state index contributed by atoms with van der Waals surface area (Å²) in [6, 6.07) is 19.2. The zero-order chi connectivity index (χ0) is 41.2. The van der Waals surface area contributed by atoms with Gasteiger partial charge in [0.05, 0.1) is 0 Å². The van der Waals surface area contributed by atoms with Crippen molar-refractivity contribution >= 4 is 29.1 Å². The standard InChI is InChI=1S/C46H47F4N5O4/c1-27-20-40(48)36(23-39(27)47)37-24-46(49,50)38-22-33(56)7-9-35(38)43(37)29-2-4-31(5-3-29)53-14-12-28(13-15-53)25-52-16-18-54(19-17-52)32-6-8-34-30(21-32)26-55(45(34)59)41-10-11-42(57)51-44(41)58/h2-9,20-23,28,37,41,43,56H,10-19,24-26H2,1H3,(H,51,57,58)/t37-,41+,43-/m1/s1. The Morgan fingerprint density at radius 2 is 1.49 bits per heavy atom. The number of carbonyl (C=O) groups excluding carboxylic acids is 3. The molecule has 9 nitrogen and oxygen atoms in total. The molecule has 3 fully saturated rings. The van der Waals surface area contributed by atoms with Crippen LogP contribution in [-0.4, -0.2) is 84.5 Å². The number of anilines is 2. The number of fused-ring (bicyclic) bond motifs is 2. The van der Waals surface area contributed by atoms with Gasteiger partial charge in [0, 0.05) is 99.5 Å². The van der Waals surface area contributed by atoms with Crippen molar-refractivity contribution in [2.75, 3.05) is 55.6 Å². The number of carbonyl (C=O) groups is 3. The van der Waals surface area contributed by atoms with E-state index in [9.17, 15) is 23.9 Å². The van der Waals surface area contributed by atoms with Crippen LogP contribution in [0.4, 0.5) is 28.9 Å². The van der Waals surface area contributed by atoms with Crippen LogP contribution in [-0.2, 0) is 22.1 Å². The Bertz CT molecular complexity index is 2310. The third-order valence-electron chi connectivity index (χ3n) is 13.3. The normalized spacial score (nSPS) is 23.6. The second-order valence-electron chi connectivity index (χ2n) is 16.9. The second kappa shape index (κ2) is 15.3. The van der Waals surface area contributed by atoms with Crippen LogP contribution >= 0.6 is 0 Å². The Labute approximate surface area is 340 Å². The highest BCUT2D eigenvalue weighted by atomic mass is 19.3. The van der Waals surface area contributed by atoms with Crippen LogP contribution in [0.5, 0.6) is 5.75 Å². The number of hydrogen-bond donors (Lipinski definition) is 2. The minimum atomic E-state index is -3.35. The Morgan fingerprint density at radius 3 is 2.22 bits per heavy atom. The van der Waals surface area contributed by atoms with E-state index in [4.69, 9.17) is 0 Å². The van der Waals surface area contributed by atoms with Gasteiger partial charge in [0.25, 0.3) is 11.8 Å². The molecule has 9 rings (SSSR count). The summed E-state index contributed by atoms with van der Waals surface area (Å²) in [7, 11) is 0. The maximum atomic E-state index is 15.6. The van der Waals surface area contributed by atoms with Crippen molar-refractivity contribution in [2.24, 2.45) is 5.92 Å². The van der Waals surface area contributed by atoms with E-state index in [1.54, 1.807) is 4.90 Å². The lowest BCUT2D eigenvalue weighted by Gasteiger charge is -2.40. The zero-order valence-corrected chi connectivity index (χ0v) is 32.9. The van der Waals surface area contributed by atoms with Crippen molar-refractivity contribution in [3.05, 3.63) is 123 Å². The molecular weight excluding hydrogens is 763 g/mol. The fourth-order valence-electron chi connectivity index (χ4n) is 10.1. The summed E-state index contributed by atoms with van der Waals surface area (Å²) in [5.41, 5.74) is 4.37. The van der Waals surface area contributed by atoms with E-state index in [-0.39, 0.29) is 40.7 Å². The Morgan fingerprint density at radius 1 is 0.780 bits per heavy atom. The molecule has 4 aromatic carbocycles. The summed E-state index contributed by atoms with van der Waals surface area (Å²) < 4.78 is 61.5. The fourth-order valence-corrected chi connectivity index (χ4v) is 10.1. The van der Waals surface area contributed by atoms with E-state index in [1.807, 2.05) is 36.4 Å². The lowest BCUT2D eigenvalue weighted by Crippen LogP contribution is -2.52. The SMILES string of the molecule is Cc1cc(F)c([C@H]2CC(F)(F)c3cc(O)ccc3[C@H]2c2ccc(N3CCC(CN4CCN(c5ccc6c(c5)CN([C@H]5CCC(=O)NC5=O)C6=O)CC4)CC3)cc2)cc1F. The number of nitrogens with zero attached hydrogens (tertiary/aromatic N) is 4. The van der Waals surface area contributed by atoms with Crippen molar-refractivity contribution in [2.45, 2.75) is 69.4 Å². The first kappa shape index (κ1) is 39.1. The summed E-state index contributed by atoms with van der Waals surface area (Å²) in [6.07, 6.45) is 1.90. The minimum absolute atomic E-state index is 0.0786. The molecule has 0 spiro atoms. The number of imide groups is 1. The molecule has 0 saturated carbocycles. The quantitative estimate of drug-likeness (QED) is 0.151. The van der Waals surface area contributed by atoms with Crippen molar-refractivity contribution in [3.63, 3.8) is 0 Å². The van der Waals surface area contributed by atoms with Gasteiger partial charge in [-0.25, -0.2) is 17.6 Å². The van der Waals surface area contributed by atoms with Crippen molar-refractivity contribution in [3.8, 4) is 5.75 Å². The maximum Gasteiger partial charge on any atom is 0.274 e. The van der Waals surface area contributed by atoms with E-state index in [0.717, 1.165) is 99.4 Å². The number of benzene rings is 4. The largest absolute Gasteiger partial charge is 0.508 e. The molecule has 4 aliphatic heterocycles. The number of amides is 3. The number of alkyl halides is 2. The average molecular weight is 810 g/mol. The highest BCUT2D eigenvalue weighted by Crippen LogP contribution is 2.55. The number of nitrogens with one attached hydrogen (secondary N) is 1. The van der Waals surface area contributed by atoms with Crippen LogP contribution < -0.4 is 15.1 Å². The topological polar surface area (TPSA) is 96.4 Å². The first-order chi connectivity index (χ1) is 28.3. The lowest BCUT2D eigenvalue weighted by molar-refractivity contribution is -0.136. The molecule has 3 saturated heterocycles. The summed E-state index contributed by atoms with van der Waals surface area (Å²) in [5, 5.41) is 12.5. The predicted octanol–water partition coefficient (Wildman–Crippen LogP) is 7.19. The van der Waals surface area contributed by atoms with Gasteiger partial charge in [-0.15, -0.1) is 0 Å². The molecule has 5 aliphatic rings. The Hall–Kier alpha value is -5.43. The molecule has 13 heteroatoms. The zero-order valence-electron chi connectivity index (χ0n) is 32.9. The smallest absolute Gasteiger partial charge is 0.274 e. The van der Waals surface area contributed by atoms with Crippen LogP contribution in [0, 0.1) is 24.5 Å². The van der Waals surface area contributed by atoms with E-state index in [0.29, 0.717) is 30.0 Å². The minimum Gasteiger partial charge on any atom is -0.508 e. The molecular formula is C46H47F4N5O4. The lowest BCUT2D eigenvalue weighted by atomic mass is 9.67. The average Bonchev–Trinajstić information content (AvgIpc) is 3.54. The van der Waals surface area contributed by atoms with Crippen molar-refractivity contribution < 1.29 is 37.1 Å². The Balaban J connectivity index is 0.812. The highest BCUT2D eigenvalue weighted by molar-refractivity contribution is 6.05. The van der Waals surface area contributed by atoms with Crippen LogP contribution in [0.2, 0.25) is 0 Å². The molecule has 308 valence electrons. The number of hydrogen-bond acceptors (Lipinski definition) is 7. The second-order valence-corrected chi connectivity index (χ2v) is 16.9. The van der Waals surface area contributed by atoms with E-state index in [2.05, 4.69) is 26.1 Å². The molecule has 0 radical (unpaired) electrons. The van der Waals surface area contributed by atoms with Gasteiger partial charge in [-0.05, 0) is 115 Å². The molecule has 0 aromatic heterocycles. The molecule has 2 N–H and O–H groups in total. The molecule has 0 unspecified atom stereocenters. The number of piperidine rings is 2. The maximum absolute atomic E-state index is 15.6. The number of phenolic OH excluding ortho intramolecular Hbond substituents is 1. The van der Waals surface area contributed by atoms with Gasteiger partial charge in [0.1, 0.15) is 23.4 Å². The highest BCUT2D eigenvalue weighted by Gasteiger charge is 2.48. The first-order valence-electron chi connectivity index (χ1n) is 20.6. The van der Waals surface area contributed by atoms with E-state index < -0.39 is 47.8 Å². The molecule has 59 heavy (non-hydrogen) atoms. The predicted molar refractivity (Wildman–Crippen MR) is 215 cm³/mol. The molecule has 4 aromatic rings. The summed E-state index contributed by atoms with van der Waals surface area (Å²) in [4.78, 5) is 46.0. The number of rotatable bonds is 7. The number of phenols is 1. The van der Waals surface area contributed by atoms with Crippen LogP contribution in [0.25, 0.3) is 0 Å². The van der Waals surface area contributed by atoms with E-state index in [1.165, 1.54) is 19.1 Å². The van der Waals surface area contributed by atoms with Gasteiger partial charge in [0.2, 0.25) is 11.8 Å². The number of aromatic hydroxyl groups is 1. The van der Waals surface area contributed by atoms with Gasteiger partial charge in [-0.3, -0.25) is 24.6 Å². The van der Waals surface area contributed by atoms with Gasteiger partial charge in [0.15, 0.2) is 0 Å². The summed E-state index contributed by atoms with van der Waals surface area (Å²) in [6.45, 7) is 8.16. The third kappa shape index (κ3) is 7.42. The number of halogens is 4. The number of piperazine rings is 1. The molecule has 4 heterocycles. The fraction of sp³-hybridized carbons (Fsp3) is 0.413. The molecule has 0 bridgehead atoms. The van der Waals surface area contributed by atoms with Crippen LogP contribution in [0.15, 0.2) is 72.8 Å². The molecule has 3 atom stereocenters. The summed E-state index contributed by atoms with van der Waals surface area (Å²) in [5.74, 6) is -7.01. The van der Waals surface area contributed by atoms with Crippen LogP contribution in [0.3, 0.4) is 0 Å². The van der Waals surface area contributed by atoms with Crippen LogP contribution in [0.1, 0.15) is 87.7 Å². The van der Waals surface area contributed by atoms with Gasteiger partial charge >= 0.3 is 0 Å². The summed E-state index contributed by atoms with van der Waals surface area (Å²) >= 11 is 0. The monoisotopic (exact) mass is 809 g/mol. The van der Waals surface area contributed by atoms with Gasteiger partial charge < -0.3 is 19.8 Å².